The second kappa shape index (κ2) is 3.70. The molecule has 0 spiro atoms. The van der Waals surface area contributed by atoms with Crippen molar-refractivity contribution in [1.82, 2.24) is 9.38 Å². The molecule has 0 fully saturated rings. The molecule has 2 aromatic rings. The van der Waals surface area contributed by atoms with Gasteiger partial charge in [-0.1, -0.05) is 6.07 Å². The molecule has 15 heavy (non-hydrogen) atoms. The lowest BCUT2D eigenvalue weighted by Gasteiger charge is -2.03. The summed E-state index contributed by atoms with van der Waals surface area (Å²) >= 11 is 0. The summed E-state index contributed by atoms with van der Waals surface area (Å²) in [6, 6.07) is 5.45. The summed E-state index contributed by atoms with van der Waals surface area (Å²) in [6.07, 6.45) is 2.06. The van der Waals surface area contributed by atoms with Gasteiger partial charge in [0, 0.05) is 12.4 Å². The fraction of sp³-hybridized carbons (Fsp3) is 0.200. The molecule has 5 heteroatoms. The van der Waals surface area contributed by atoms with Crippen LogP contribution < -0.4 is 0 Å². The number of nitrogens with zero attached hydrogens (tertiary/aromatic N) is 2. The van der Waals surface area contributed by atoms with Crippen molar-refractivity contribution in [3.8, 4) is 0 Å². The number of aromatic nitrogens is 2. The summed E-state index contributed by atoms with van der Waals surface area (Å²) < 4.78 is 6.15. The molecule has 0 saturated heterocycles. The predicted molar refractivity (Wildman–Crippen MR) is 52.2 cm³/mol. The molecule has 0 radical (unpaired) electrons. The number of esters is 1. The molecule has 1 unspecified atom stereocenters. The van der Waals surface area contributed by atoms with Crippen molar-refractivity contribution in [3.05, 3.63) is 36.3 Å². The number of aliphatic hydroxyl groups is 1. The lowest BCUT2D eigenvalue weighted by molar-refractivity contribution is -0.150. The van der Waals surface area contributed by atoms with E-state index in [0.717, 1.165) is 0 Å². The Hall–Kier alpha value is -1.88. The third kappa shape index (κ3) is 1.69. The molecule has 0 saturated carbocycles. The van der Waals surface area contributed by atoms with E-state index in [1.165, 1.54) is 7.11 Å². The quantitative estimate of drug-likeness (QED) is 0.728. The van der Waals surface area contributed by atoms with Crippen molar-refractivity contribution in [3.63, 3.8) is 0 Å². The van der Waals surface area contributed by atoms with E-state index in [1.54, 1.807) is 22.9 Å². The summed E-state index contributed by atoms with van der Waals surface area (Å²) in [5.41, 5.74) is 0.962. The van der Waals surface area contributed by atoms with Crippen molar-refractivity contribution < 1.29 is 14.6 Å². The Morgan fingerprint density at radius 2 is 2.40 bits per heavy atom. The minimum absolute atomic E-state index is 0.285. The number of rotatable bonds is 2. The molecule has 2 rings (SSSR count). The van der Waals surface area contributed by atoms with Gasteiger partial charge in [0.05, 0.1) is 12.8 Å². The molecule has 0 bridgehead atoms. The van der Waals surface area contributed by atoms with E-state index in [9.17, 15) is 9.90 Å². The van der Waals surface area contributed by atoms with Crippen molar-refractivity contribution >= 4 is 11.6 Å². The molecule has 1 N–H and O–H groups in total. The van der Waals surface area contributed by atoms with Crippen LogP contribution in [-0.2, 0) is 9.53 Å². The first kappa shape index (κ1) is 9.67. The van der Waals surface area contributed by atoms with E-state index in [2.05, 4.69) is 9.72 Å². The van der Waals surface area contributed by atoms with Gasteiger partial charge < -0.3 is 14.2 Å². The Morgan fingerprint density at radius 3 is 3.07 bits per heavy atom. The summed E-state index contributed by atoms with van der Waals surface area (Å²) in [5.74, 6) is -0.710. The Kier molecular flexibility index (Phi) is 2.39. The van der Waals surface area contributed by atoms with Crippen molar-refractivity contribution in [2.45, 2.75) is 6.10 Å². The van der Waals surface area contributed by atoms with Crippen molar-refractivity contribution in [2.75, 3.05) is 7.11 Å². The average molecular weight is 206 g/mol. The van der Waals surface area contributed by atoms with Crippen LogP contribution in [0.3, 0.4) is 0 Å². The highest BCUT2D eigenvalue weighted by Crippen LogP contribution is 2.14. The van der Waals surface area contributed by atoms with Gasteiger partial charge in [0.1, 0.15) is 5.65 Å². The summed E-state index contributed by atoms with van der Waals surface area (Å²) in [7, 11) is 1.22. The maximum Gasteiger partial charge on any atom is 0.341 e. The fourth-order valence-corrected chi connectivity index (χ4v) is 1.32. The summed E-state index contributed by atoms with van der Waals surface area (Å²) in [6.45, 7) is 0. The lowest BCUT2D eigenvalue weighted by Crippen LogP contribution is -2.13. The van der Waals surface area contributed by atoms with Gasteiger partial charge in [-0.3, -0.25) is 0 Å². The first-order valence-corrected chi connectivity index (χ1v) is 4.42. The monoisotopic (exact) mass is 206 g/mol. The smallest absolute Gasteiger partial charge is 0.341 e. The fourth-order valence-electron chi connectivity index (χ4n) is 1.32. The van der Waals surface area contributed by atoms with Crippen LogP contribution >= 0.6 is 0 Å². The van der Waals surface area contributed by atoms with E-state index in [0.29, 0.717) is 5.65 Å². The zero-order valence-electron chi connectivity index (χ0n) is 8.12. The third-order valence-corrected chi connectivity index (χ3v) is 2.09. The molecule has 0 aliphatic carbocycles. The summed E-state index contributed by atoms with van der Waals surface area (Å²) in [5, 5.41) is 9.54. The van der Waals surface area contributed by atoms with Gasteiger partial charge >= 0.3 is 5.97 Å². The minimum Gasteiger partial charge on any atom is -0.467 e. The highest BCUT2D eigenvalue weighted by atomic mass is 16.5. The normalized spacial score (nSPS) is 12.7. The molecule has 2 aromatic heterocycles. The highest BCUT2D eigenvalue weighted by Gasteiger charge is 2.20. The largest absolute Gasteiger partial charge is 0.467 e. The van der Waals surface area contributed by atoms with Gasteiger partial charge in [-0.05, 0) is 12.1 Å². The molecule has 0 amide bonds. The SMILES string of the molecule is COC(=O)C(O)c1cn2ccccc2n1. The molecular weight excluding hydrogens is 196 g/mol. The number of hydrogen-bond acceptors (Lipinski definition) is 4. The summed E-state index contributed by atoms with van der Waals surface area (Å²) in [4.78, 5) is 15.2. The van der Waals surface area contributed by atoms with E-state index < -0.39 is 12.1 Å². The highest BCUT2D eigenvalue weighted by molar-refractivity contribution is 5.75. The van der Waals surface area contributed by atoms with Gasteiger partial charge in [0.2, 0.25) is 0 Å². The molecule has 78 valence electrons. The van der Waals surface area contributed by atoms with Crippen LogP contribution in [-0.4, -0.2) is 27.6 Å². The second-order valence-electron chi connectivity index (χ2n) is 3.06. The Morgan fingerprint density at radius 1 is 1.60 bits per heavy atom. The van der Waals surface area contributed by atoms with Crippen LogP contribution in [0, 0.1) is 0 Å². The van der Waals surface area contributed by atoms with Crippen molar-refractivity contribution in [1.29, 1.82) is 0 Å². The van der Waals surface area contributed by atoms with Crippen LogP contribution in [0.25, 0.3) is 5.65 Å². The number of imidazole rings is 1. The van der Waals surface area contributed by atoms with E-state index in [-0.39, 0.29) is 5.69 Å². The predicted octanol–water partition coefficient (Wildman–Crippen LogP) is 0.541. The van der Waals surface area contributed by atoms with Crippen LogP contribution in [0.2, 0.25) is 0 Å². The number of methoxy groups -OCH3 is 1. The molecule has 0 aliphatic rings. The number of carbonyl (C=O) groups is 1. The Labute approximate surface area is 85.9 Å². The first-order chi connectivity index (χ1) is 7.22. The van der Waals surface area contributed by atoms with Crippen LogP contribution in [0.4, 0.5) is 0 Å². The number of ether oxygens (including phenoxy) is 1. The van der Waals surface area contributed by atoms with Crippen LogP contribution in [0.15, 0.2) is 30.6 Å². The molecule has 0 aromatic carbocycles. The molecule has 2 heterocycles. The molecule has 5 nitrogen and oxygen atoms in total. The zero-order valence-corrected chi connectivity index (χ0v) is 8.12. The topological polar surface area (TPSA) is 63.8 Å². The number of hydrogen-bond donors (Lipinski definition) is 1. The van der Waals surface area contributed by atoms with Crippen LogP contribution in [0.5, 0.6) is 0 Å². The minimum atomic E-state index is -1.32. The number of pyridine rings is 1. The van der Waals surface area contributed by atoms with Crippen LogP contribution in [0.1, 0.15) is 11.8 Å². The standard InChI is InChI=1S/C10H10N2O3/c1-15-10(14)9(13)7-6-12-5-3-2-4-8(12)11-7/h2-6,9,13H,1H3. The average Bonchev–Trinajstić information content (AvgIpc) is 2.70. The molecule has 1 atom stereocenters. The Balaban J connectivity index is 2.40. The van der Waals surface area contributed by atoms with E-state index in [1.807, 2.05) is 12.1 Å². The first-order valence-electron chi connectivity index (χ1n) is 4.42. The van der Waals surface area contributed by atoms with Gasteiger partial charge in [-0.25, -0.2) is 9.78 Å². The molecule has 0 aliphatic heterocycles. The molecular formula is C10H10N2O3. The van der Waals surface area contributed by atoms with E-state index in [4.69, 9.17) is 0 Å². The van der Waals surface area contributed by atoms with Gasteiger partial charge in [-0.2, -0.15) is 0 Å². The van der Waals surface area contributed by atoms with Gasteiger partial charge in [-0.15, -0.1) is 0 Å². The van der Waals surface area contributed by atoms with Crippen molar-refractivity contribution in [2.24, 2.45) is 0 Å². The maximum absolute atomic E-state index is 11.1. The number of fused-ring (bicyclic) bond motifs is 1. The number of aliphatic hydroxyl groups excluding tert-OH is 1. The number of carbonyl (C=O) groups excluding carboxylic acids is 1. The zero-order chi connectivity index (χ0) is 10.8. The Bertz CT molecular complexity index is 459. The lowest BCUT2D eigenvalue weighted by atomic mass is 10.3. The van der Waals surface area contributed by atoms with E-state index >= 15 is 0 Å². The second-order valence-corrected chi connectivity index (χ2v) is 3.06. The van der Waals surface area contributed by atoms with Gasteiger partial charge in [0.25, 0.3) is 0 Å². The third-order valence-electron chi connectivity index (χ3n) is 2.09. The van der Waals surface area contributed by atoms with Gasteiger partial charge in [0.15, 0.2) is 6.10 Å². The maximum atomic E-state index is 11.1.